The fraction of sp³-hybridized carbons (Fsp3) is 0.286. The molecule has 0 aliphatic carbocycles. The molecular weight excluding hydrogens is 348 g/mol. The molecule has 0 radical (unpaired) electrons. The minimum absolute atomic E-state index is 0.0647. The number of hydrogen-bond acceptors (Lipinski definition) is 3. The molecule has 26 heavy (non-hydrogen) atoms. The number of ether oxygens (including phenoxy) is 1. The number of rotatable bonds is 6. The third-order valence-electron chi connectivity index (χ3n) is 4.19. The highest BCUT2D eigenvalue weighted by Gasteiger charge is 2.29. The predicted octanol–water partition coefficient (Wildman–Crippen LogP) is 4.15. The quantitative estimate of drug-likeness (QED) is 0.830. The van der Waals surface area contributed by atoms with E-state index in [2.05, 4.69) is 16.3 Å². The van der Waals surface area contributed by atoms with Crippen LogP contribution in [0.25, 0.3) is 6.08 Å². The van der Waals surface area contributed by atoms with Crippen molar-refractivity contribution in [2.45, 2.75) is 19.4 Å². The van der Waals surface area contributed by atoms with Crippen LogP contribution in [0.2, 0.25) is 5.02 Å². The lowest BCUT2D eigenvalue weighted by molar-refractivity contribution is -0.127. The Labute approximate surface area is 159 Å². The molecule has 1 atom stereocenters. The largest absolute Gasteiger partial charge is 0.477 e. The molecule has 5 heteroatoms. The molecular formula is C21H23ClN2O2. The summed E-state index contributed by atoms with van der Waals surface area (Å²) in [6, 6.07) is 15.5. The summed E-state index contributed by atoms with van der Waals surface area (Å²) in [7, 11) is 0. The minimum atomic E-state index is -0.504. The maximum Gasteiger partial charge on any atom is 0.262 e. The van der Waals surface area contributed by atoms with Gasteiger partial charge in [-0.3, -0.25) is 4.79 Å². The number of para-hydroxylation sites is 2. The van der Waals surface area contributed by atoms with E-state index in [1.807, 2.05) is 61.5 Å². The summed E-state index contributed by atoms with van der Waals surface area (Å²) in [6.45, 7) is 3.90. The first kappa shape index (κ1) is 18.3. The number of fused-ring (bicyclic) bond motifs is 1. The summed E-state index contributed by atoms with van der Waals surface area (Å²) in [5, 5.41) is 3.64. The van der Waals surface area contributed by atoms with Gasteiger partial charge >= 0.3 is 0 Å². The van der Waals surface area contributed by atoms with E-state index in [9.17, 15) is 4.79 Å². The highest BCUT2D eigenvalue weighted by molar-refractivity contribution is 6.30. The Morgan fingerprint density at radius 3 is 2.96 bits per heavy atom. The molecule has 1 amide bonds. The number of nitrogens with one attached hydrogen (secondary N) is 1. The second-order valence-corrected chi connectivity index (χ2v) is 6.66. The maximum absolute atomic E-state index is 12.3. The van der Waals surface area contributed by atoms with Crippen molar-refractivity contribution in [1.82, 2.24) is 5.32 Å². The Morgan fingerprint density at radius 1 is 1.31 bits per heavy atom. The van der Waals surface area contributed by atoms with Gasteiger partial charge in [-0.25, -0.2) is 0 Å². The van der Waals surface area contributed by atoms with Crippen LogP contribution in [0, 0.1) is 0 Å². The van der Waals surface area contributed by atoms with Crippen LogP contribution in [0.3, 0.4) is 0 Å². The monoisotopic (exact) mass is 370 g/mol. The lowest BCUT2D eigenvalue weighted by Crippen LogP contribution is -2.49. The van der Waals surface area contributed by atoms with Crippen LogP contribution in [0.1, 0.15) is 18.9 Å². The first-order valence-electron chi connectivity index (χ1n) is 8.88. The van der Waals surface area contributed by atoms with Crippen LogP contribution in [-0.2, 0) is 4.79 Å². The van der Waals surface area contributed by atoms with Gasteiger partial charge in [-0.1, -0.05) is 54.9 Å². The van der Waals surface area contributed by atoms with Crippen LogP contribution >= 0.6 is 11.6 Å². The van der Waals surface area contributed by atoms with Crippen molar-refractivity contribution in [3.63, 3.8) is 0 Å². The molecule has 1 N–H and O–H groups in total. The standard InChI is InChI=1S/C21H23ClN2O2/c1-2-12-23-21(25)20-15-24(18-10-3-4-11-19(18)26-20)13-6-8-16-7-5-9-17(22)14-16/h3-11,14,20H,2,12-13,15H2,1H3,(H,23,25)/b8-6+. The molecule has 0 spiro atoms. The van der Waals surface area contributed by atoms with Gasteiger partial charge in [0.2, 0.25) is 0 Å². The van der Waals surface area contributed by atoms with E-state index in [1.165, 1.54) is 0 Å². The normalized spacial score (nSPS) is 16.2. The molecule has 0 saturated heterocycles. The van der Waals surface area contributed by atoms with Gasteiger partial charge in [0, 0.05) is 18.1 Å². The topological polar surface area (TPSA) is 41.6 Å². The number of benzene rings is 2. The molecule has 136 valence electrons. The van der Waals surface area contributed by atoms with Gasteiger partial charge in [-0.05, 0) is 36.2 Å². The third kappa shape index (κ3) is 4.58. The smallest absolute Gasteiger partial charge is 0.262 e. The maximum atomic E-state index is 12.3. The number of halogens is 1. The zero-order valence-corrected chi connectivity index (χ0v) is 15.6. The Hall–Kier alpha value is -2.46. The van der Waals surface area contributed by atoms with E-state index in [1.54, 1.807) is 0 Å². The Kier molecular flexibility index (Phi) is 6.18. The highest BCUT2D eigenvalue weighted by Crippen LogP contribution is 2.33. The summed E-state index contributed by atoms with van der Waals surface area (Å²) in [6.07, 6.45) is 4.52. The van der Waals surface area contributed by atoms with Gasteiger partial charge in [-0.2, -0.15) is 0 Å². The first-order chi connectivity index (χ1) is 12.7. The molecule has 1 heterocycles. The van der Waals surface area contributed by atoms with E-state index in [-0.39, 0.29) is 5.91 Å². The molecule has 1 aliphatic rings. The SMILES string of the molecule is CCCNC(=O)C1CN(C/C=C/c2cccc(Cl)c2)c2ccccc2O1. The second-order valence-electron chi connectivity index (χ2n) is 6.23. The molecule has 4 nitrogen and oxygen atoms in total. The Bertz CT molecular complexity index is 791. The number of nitrogens with zero attached hydrogens (tertiary/aromatic N) is 1. The van der Waals surface area contributed by atoms with Gasteiger partial charge in [0.15, 0.2) is 6.10 Å². The molecule has 0 saturated carbocycles. The number of hydrogen-bond donors (Lipinski definition) is 1. The predicted molar refractivity (Wildman–Crippen MR) is 107 cm³/mol. The minimum Gasteiger partial charge on any atom is -0.477 e. The van der Waals surface area contributed by atoms with Crippen LogP contribution in [0.4, 0.5) is 5.69 Å². The Morgan fingerprint density at radius 2 is 2.15 bits per heavy atom. The lowest BCUT2D eigenvalue weighted by atomic mass is 10.1. The van der Waals surface area contributed by atoms with Crippen molar-refractivity contribution >= 4 is 29.3 Å². The third-order valence-corrected chi connectivity index (χ3v) is 4.42. The number of carbonyl (C=O) groups is 1. The van der Waals surface area contributed by atoms with Crippen LogP contribution in [0.15, 0.2) is 54.6 Å². The Balaban J connectivity index is 1.73. The van der Waals surface area contributed by atoms with Crippen molar-refractivity contribution in [1.29, 1.82) is 0 Å². The second kappa shape index (κ2) is 8.77. The number of amides is 1. The van der Waals surface area contributed by atoms with Crippen molar-refractivity contribution in [3.05, 3.63) is 65.2 Å². The van der Waals surface area contributed by atoms with Gasteiger partial charge in [0.25, 0.3) is 5.91 Å². The van der Waals surface area contributed by atoms with E-state index < -0.39 is 6.10 Å². The number of anilines is 1. The molecule has 1 aliphatic heterocycles. The summed E-state index contributed by atoms with van der Waals surface area (Å²) < 4.78 is 5.91. The van der Waals surface area contributed by atoms with Crippen LogP contribution in [0.5, 0.6) is 5.75 Å². The highest BCUT2D eigenvalue weighted by atomic mass is 35.5. The average molecular weight is 371 g/mol. The number of carbonyl (C=O) groups excluding carboxylic acids is 1. The van der Waals surface area contributed by atoms with Gasteiger partial charge in [-0.15, -0.1) is 0 Å². The molecule has 3 rings (SSSR count). The van der Waals surface area contributed by atoms with E-state index in [4.69, 9.17) is 16.3 Å². The van der Waals surface area contributed by atoms with E-state index >= 15 is 0 Å². The molecule has 1 unspecified atom stereocenters. The van der Waals surface area contributed by atoms with Crippen molar-refractivity contribution < 1.29 is 9.53 Å². The summed E-state index contributed by atoms with van der Waals surface area (Å²) in [5.74, 6) is 0.678. The summed E-state index contributed by atoms with van der Waals surface area (Å²) in [4.78, 5) is 14.5. The molecule has 0 bridgehead atoms. The van der Waals surface area contributed by atoms with E-state index in [0.29, 0.717) is 19.6 Å². The van der Waals surface area contributed by atoms with Gasteiger partial charge in [0.1, 0.15) is 5.75 Å². The molecule has 2 aromatic rings. The summed E-state index contributed by atoms with van der Waals surface area (Å²) in [5.41, 5.74) is 2.05. The molecule has 2 aromatic carbocycles. The zero-order chi connectivity index (χ0) is 18.4. The average Bonchev–Trinajstić information content (AvgIpc) is 2.66. The van der Waals surface area contributed by atoms with Crippen LogP contribution < -0.4 is 15.0 Å². The van der Waals surface area contributed by atoms with Gasteiger partial charge in [0.05, 0.1) is 12.2 Å². The first-order valence-corrected chi connectivity index (χ1v) is 9.25. The van der Waals surface area contributed by atoms with Crippen LogP contribution in [-0.4, -0.2) is 31.6 Å². The lowest BCUT2D eigenvalue weighted by Gasteiger charge is -2.35. The zero-order valence-electron chi connectivity index (χ0n) is 14.8. The van der Waals surface area contributed by atoms with Gasteiger partial charge < -0.3 is 15.0 Å². The fourth-order valence-corrected chi connectivity index (χ4v) is 3.10. The molecule has 0 fully saturated rings. The van der Waals surface area contributed by atoms with Crippen molar-refractivity contribution in [2.75, 3.05) is 24.5 Å². The fourth-order valence-electron chi connectivity index (χ4n) is 2.90. The van der Waals surface area contributed by atoms with Crippen molar-refractivity contribution in [3.8, 4) is 5.75 Å². The van der Waals surface area contributed by atoms with E-state index in [0.717, 1.165) is 28.4 Å². The van der Waals surface area contributed by atoms with Crippen molar-refractivity contribution in [2.24, 2.45) is 0 Å². The summed E-state index contributed by atoms with van der Waals surface area (Å²) >= 11 is 6.03. The molecule has 0 aromatic heterocycles.